The molecule has 2 amide bonds. The van der Waals surface area contributed by atoms with Crippen molar-refractivity contribution in [2.75, 3.05) is 0 Å². The highest BCUT2D eigenvalue weighted by molar-refractivity contribution is 14.1. The van der Waals surface area contributed by atoms with Crippen molar-refractivity contribution in [1.82, 2.24) is 4.90 Å². The topological polar surface area (TPSA) is 46.6 Å². The van der Waals surface area contributed by atoms with Crippen molar-refractivity contribution >= 4 is 63.2 Å². The first-order chi connectivity index (χ1) is 15.4. The molecule has 1 saturated heterocycles. The van der Waals surface area contributed by atoms with E-state index in [1.165, 1.54) is 17.0 Å². The molecule has 0 bridgehead atoms. The van der Waals surface area contributed by atoms with E-state index in [9.17, 15) is 14.0 Å². The van der Waals surface area contributed by atoms with Crippen LogP contribution in [0.5, 0.6) is 5.75 Å². The van der Waals surface area contributed by atoms with Gasteiger partial charge in [-0.3, -0.25) is 14.5 Å². The zero-order valence-corrected chi connectivity index (χ0v) is 20.3. The number of benzene rings is 3. The van der Waals surface area contributed by atoms with Gasteiger partial charge in [-0.05, 0) is 88.0 Å². The van der Waals surface area contributed by atoms with Crippen LogP contribution in [0.3, 0.4) is 0 Å². The summed E-state index contributed by atoms with van der Waals surface area (Å²) in [5.74, 6) is -0.269. The molecule has 1 heterocycles. The van der Waals surface area contributed by atoms with Gasteiger partial charge >= 0.3 is 0 Å². The van der Waals surface area contributed by atoms with Crippen LogP contribution < -0.4 is 4.74 Å². The fraction of sp³-hybridized carbons (Fsp3) is 0.0833. The Balaban J connectivity index is 1.47. The molecule has 32 heavy (non-hydrogen) atoms. The van der Waals surface area contributed by atoms with Crippen molar-refractivity contribution in [1.29, 1.82) is 0 Å². The Morgan fingerprint density at radius 1 is 1.06 bits per heavy atom. The highest BCUT2D eigenvalue weighted by Gasteiger charge is 2.34. The number of carbonyl (C=O) groups excluding carboxylic acids is 2. The number of carbonyl (C=O) groups is 2. The summed E-state index contributed by atoms with van der Waals surface area (Å²) in [6.07, 6.45) is 1.65. The molecule has 1 aliphatic rings. The van der Waals surface area contributed by atoms with Crippen molar-refractivity contribution in [2.24, 2.45) is 0 Å². The van der Waals surface area contributed by atoms with Crippen molar-refractivity contribution in [2.45, 2.75) is 13.2 Å². The number of amides is 2. The maximum Gasteiger partial charge on any atom is 0.293 e. The molecule has 0 radical (unpaired) electrons. The second-order valence-electron chi connectivity index (χ2n) is 6.96. The van der Waals surface area contributed by atoms with Gasteiger partial charge in [0.1, 0.15) is 18.2 Å². The van der Waals surface area contributed by atoms with Gasteiger partial charge in [0.2, 0.25) is 0 Å². The molecule has 0 N–H and O–H groups in total. The Morgan fingerprint density at radius 2 is 1.81 bits per heavy atom. The van der Waals surface area contributed by atoms with Gasteiger partial charge in [-0.25, -0.2) is 4.39 Å². The number of hydrogen-bond donors (Lipinski definition) is 0. The van der Waals surface area contributed by atoms with Gasteiger partial charge in [-0.1, -0.05) is 41.9 Å². The minimum Gasteiger partial charge on any atom is -0.489 e. The maximum atomic E-state index is 13.9. The van der Waals surface area contributed by atoms with Gasteiger partial charge in [0.15, 0.2) is 0 Å². The maximum absolute atomic E-state index is 13.9. The summed E-state index contributed by atoms with van der Waals surface area (Å²) in [7, 11) is 0. The molecule has 1 fully saturated rings. The van der Waals surface area contributed by atoms with Crippen LogP contribution in [0, 0.1) is 9.39 Å². The standard InChI is InChI=1S/C24H16ClFINO3S/c25-20-5-2-6-21(26)19(20)14-31-18-4-1-3-16(11-18)12-22-23(29)28(24(30)32-22)13-15-7-9-17(27)10-8-15/h1-12H,13-14H2/b22-12-. The van der Waals surface area contributed by atoms with Gasteiger partial charge in [-0.15, -0.1) is 0 Å². The van der Waals surface area contributed by atoms with Gasteiger partial charge in [-0.2, -0.15) is 0 Å². The second-order valence-corrected chi connectivity index (χ2v) is 9.60. The predicted octanol–water partition coefficient (Wildman–Crippen LogP) is 6.90. The van der Waals surface area contributed by atoms with Crippen LogP contribution in [0.2, 0.25) is 5.02 Å². The number of nitrogens with zero attached hydrogens (tertiary/aromatic N) is 1. The fourth-order valence-electron chi connectivity index (χ4n) is 3.08. The molecule has 162 valence electrons. The Morgan fingerprint density at radius 3 is 2.56 bits per heavy atom. The van der Waals surface area contributed by atoms with Crippen molar-refractivity contribution < 1.29 is 18.7 Å². The first-order valence-corrected chi connectivity index (χ1v) is 11.8. The zero-order valence-electron chi connectivity index (χ0n) is 16.6. The molecule has 0 unspecified atom stereocenters. The highest BCUT2D eigenvalue weighted by Crippen LogP contribution is 2.34. The monoisotopic (exact) mass is 579 g/mol. The highest BCUT2D eigenvalue weighted by atomic mass is 127. The Labute approximate surface area is 207 Å². The number of hydrogen-bond acceptors (Lipinski definition) is 4. The van der Waals surface area contributed by atoms with Gasteiger partial charge in [0.25, 0.3) is 11.1 Å². The largest absolute Gasteiger partial charge is 0.489 e. The summed E-state index contributed by atoms with van der Waals surface area (Å²) in [4.78, 5) is 26.8. The average Bonchev–Trinajstić information content (AvgIpc) is 3.02. The normalized spacial score (nSPS) is 15.0. The van der Waals surface area contributed by atoms with E-state index in [1.807, 2.05) is 24.3 Å². The number of ether oxygens (including phenoxy) is 1. The molecule has 0 spiro atoms. The van der Waals surface area contributed by atoms with Crippen molar-refractivity contribution in [3.8, 4) is 5.75 Å². The van der Waals surface area contributed by atoms with Crippen LogP contribution in [-0.4, -0.2) is 16.0 Å². The molecule has 3 aromatic carbocycles. The molecular weight excluding hydrogens is 564 g/mol. The number of rotatable bonds is 6. The number of thioether (sulfide) groups is 1. The molecule has 8 heteroatoms. The minimum absolute atomic E-state index is 0.0263. The van der Waals surface area contributed by atoms with Gasteiger partial charge in [0, 0.05) is 9.13 Å². The van der Waals surface area contributed by atoms with Crippen LogP contribution in [-0.2, 0) is 17.9 Å². The molecule has 0 atom stereocenters. The summed E-state index contributed by atoms with van der Waals surface area (Å²) in [5.41, 5.74) is 1.86. The smallest absolute Gasteiger partial charge is 0.293 e. The number of imide groups is 1. The van der Waals surface area contributed by atoms with E-state index in [-0.39, 0.29) is 29.9 Å². The third-order valence-electron chi connectivity index (χ3n) is 4.73. The van der Waals surface area contributed by atoms with Crippen LogP contribution >= 0.6 is 46.0 Å². The minimum atomic E-state index is -0.435. The molecule has 1 aliphatic heterocycles. The van der Waals surface area contributed by atoms with E-state index in [4.69, 9.17) is 16.3 Å². The molecule has 0 aromatic heterocycles. The van der Waals surface area contributed by atoms with E-state index >= 15 is 0 Å². The summed E-state index contributed by atoms with van der Waals surface area (Å²) < 4.78 is 20.7. The lowest BCUT2D eigenvalue weighted by atomic mass is 10.2. The van der Waals surface area contributed by atoms with Crippen molar-refractivity contribution in [3.05, 3.63) is 103 Å². The molecule has 3 aromatic rings. The molecule has 0 saturated carbocycles. The predicted molar refractivity (Wildman–Crippen MR) is 133 cm³/mol. The first-order valence-electron chi connectivity index (χ1n) is 9.56. The summed E-state index contributed by atoms with van der Waals surface area (Å²) in [6, 6.07) is 19.2. The van der Waals surface area contributed by atoms with E-state index in [0.29, 0.717) is 21.2 Å². The van der Waals surface area contributed by atoms with E-state index in [1.54, 1.807) is 36.4 Å². The van der Waals surface area contributed by atoms with E-state index < -0.39 is 5.82 Å². The third-order valence-corrected chi connectivity index (χ3v) is 6.71. The van der Waals surface area contributed by atoms with Gasteiger partial charge in [0.05, 0.1) is 16.5 Å². The van der Waals surface area contributed by atoms with Crippen LogP contribution in [0.4, 0.5) is 9.18 Å². The van der Waals surface area contributed by atoms with Gasteiger partial charge < -0.3 is 4.74 Å². The molecular formula is C24H16ClFINO3S. The number of halogens is 3. The fourth-order valence-corrected chi connectivity index (χ4v) is 4.50. The second kappa shape index (κ2) is 10.1. The van der Waals surface area contributed by atoms with Crippen LogP contribution in [0.25, 0.3) is 6.08 Å². The Kier molecular flexibility index (Phi) is 7.17. The van der Waals surface area contributed by atoms with Crippen LogP contribution in [0.1, 0.15) is 16.7 Å². The quantitative estimate of drug-likeness (QED) is 0.236. The van der Waals surface area contributed by atoms with E-state index in [0.717, 1.165) is 20.9 Å². The average molecular weight is 580 g/mol. The molecule has 4 nitrogen and oxygen atoms in total. The Hall–Kier alpha value is -2.36. The lowest BCUT2D eigenvalue weighted by Crippen LogP contribution is -2.27. The molecule has 4 rings (SSSR count). The van der Waals surface area contributed by atoms with E-state index in [2.05, 4.69) is 22.6 Å². The lowest BCUT2D eigenvalue weighted by molar-refractivity contribution is -0.123. The third kappa shape index (κ3) is 5.33. The lowest BCUT2D eigenvalue weighted by Gasteiger charge is -2.12. The summed E-state index contributed by atoms with van der Waals surface area (Å²) in [5, 5.41) is -0.00986. The summed E-state index contributed by atoms with van der Waals surface area (Å²) in [6.45, 7) is 0.201. The first kappa shape index (κ1) is 22.8. The zero-order chi connectivity index (χ0) is 22.7. The molecule has 0 aliphatic carbocycles. The SMILES string of the molecule is O=C1S/C(=C\c2cccc(OCc3c(F)cccc3Cl)c2)C(=O)N1Cc1ccc(I)cc1. The van der Waals surface area contributed by atoms with Crippen molar-refractivity contribution in [3.63, 3.8) is 0 Å². The van der Waals surface area contributed by atoms with Crippen LogP contribution in [0.15, 0.2) is 71.6 Å². The summed E-state index contributed by atoms with van der Waals surface area (Å²) >= 11 is 9.15. The Bertz CT molecular complexity index is 1200.